The van der Waals surface area contributed by atoms with Crippen LogP contribution < -0.4 is 0 Å². The van der Waals surface area contributed by atoms with Crippen LogP contribution in [0.3, 0.4) is 0 Å². The van der Waals surface area contributed by atoms with Crippen LogP contribution in [0.25, 0.3) is 0 Å². The van der Waals surface area contributed by atoms with Gasteiger partial charge in [-0.25, -0.2) is 4.79 Å². The molecule has 1 aromatic rings. The summed E-state index contributed by atoms with van der Waals surface area (Å²) >= 11 is 0. The van der Waals surface area contributed by atoms with E-state index >= 15 is 0 Å². The summed E-state index contributed by atoms with van der Waals surface area (Å²) in [7, 11) is 3.05. The van der Waals surface area contributed by atoms with Crippen molar-refractivity contribution in [1.82, 2.24) is 4.90 Å². The highest BCUT2D eigenvalue weighted by Gasteiger charge is 2.56. The number of allylic oxidation sites excluding steroid dienone is 3. The van der Waals surface area contributed by atoms with Crippen molar-refractivity contribution in [3.63, 3.8) is 0 Å². The SMILES string of the molecule is CCC1/C=C(\C)CC(C)CC(OC)C2OC(O)(C(=O)C(=O)N3CCCCC3C(=O)OC(C(C)=CC3CCC(OCC(=O)c4ccccc4)C(O)C3)C(C)C(O)CC1=O)C(C)CC2OC. The van der Waals surface area contributed by atoms with Crippen LogP contribution in [-0.4, -0.2) is 131 Å². The first kappa shape index (κ1) is 51.4. The third-order valence-corrected chi connectivity index (χ3v) is 14.1. The predicted octanol–water partition coefficient (Wildman–Crippen LogP) is 5.73. The number of Topliss-reactive ketones (excluding diaryl/α,β-unsaturated/α-hetero) is 3. The molecule has 0 aromatic heterocycles. The molecule has 64 heavy (non-hydrogen) atoms. The molecule has 0 radical (unpaired) electrons. The lowest BCUT2D eigenvalue weighted by Crippen LogP contribution is -2.64. The minimum Gasteiger partial charge on any atom is -0.456 e. The van der Waals surface area contributed by atoms with Gasteiger partial charge < -0.3 is 43.9 Å². The molecule has 0 spiro atoms. The molecule has 3 heterocycles. The molecule has 2 saturated heterocycles. The maximum absolute atomic E-state index is 14.4. The molecule has 14 nitrogen and oxygen atoms in total. The highest BCUT2D eigenvalue weighted by Crippen LogP contribution is 2.39. The van der Waals surface area contributed by atoms with Crippen molar-refractivity contribution < 1.29 is 63.0 Å². The summed E-state index contributed by atoms with van der Waals surface area (Å²) in [5.74, 6) is -8.14. The Balaban J connectivity index is 1.44. The summed E-state index contributed by atoms with van der Waals surface area (Å²) in [4.78, 5) is 70.8. The molecule has 3 aliphatic heterocycles. The van der Waals surface area contributed by atoms with Gasteiger partial charge in [-0.2, -0.15) is 0 Å². The Morgan fingerprint density at radius 2 is 1.59 bits per heavy atom. The molecule has 3 fully saturated rings. The average Bonchev–Trinajstić information content (AvgIpc) is 3.28. The van der Waals surface area contributed by atoms with E-state index in [4.69, 9.17) is 23.7 Å². The molecule has 5 rings (SSSR count). The van der Waals surface area contributed by atoms with Gasteiger partial charge in [0.05, 0.1) is 30.5 Å². The zero-order valence-electron chi connectivity index (χ0n) is 39.1. The number of ketones is 3. The van der Waals surface area contributed by atoms with E-state index in [9.17, 15) is 39.3 Å². The summed E-state index contributed by atoms with van der Waals surface area (Å²) in [6.07, 6.45) is 2.35. The van der Waals surface area contributed by atoms with Crippen molar-refractivity contribution >= 4 is 29.2 Å². The van der Waals surface area contributed by atoms with Crippen molar-refractivity contribution in [1.29, 1.82) is 0 Å². The number of carbonyl (C=O) groups is 5. The van der Waals surface area contributed by atoms with Gasteiger partial charge in [0.2, 0.25) is 5.79 Å². The first-order valence-corrected chi connectivity index (χ1v) is 23.4. The van der Waals surface area contributed by atoms with Crippen molar-refractivity contribution in [2.24, 2.45) is 29.6 Å². The van der Waals surface area contributed by atoms with Gasteiger partial charge in [-0.1, -0.05) is 75.8 Å². The van der Waals surface area contributed by atoms with E-state index in [1.807, 2.05) is 39.0 Å². The van der Waals surface area contributed by atoms with Gasteiger partial charge >= 0.3 is 5.97 Å². The zero-order valence-corrected chi connectivity index (χ0v) is 39.1. The number of aliphatic hydroxyl groups excluding tert-OH is 2. The van der Waals surface area contributed by atoms with Gasteiger partial charge in [0.25, 0.3) is 11.7 Å². The summed E-state index contributed by atoms with van der Waals surface area (Å²) in [5.41, 5.74) is 2.09. The number of benzene rings is 1. The van der Waals surface area contributed by atoms with Crippen LogP contribution in [0.2, 0.25) is 0 Å². The zero-order chi connectivity index (χ0) is 46.9. The fourth-order valence-electron chi connectivity index (χ4n) is 10.2. The number of ether oxygens (including phenoxy) is 5. The van der Waals surface area contributed by atoms with Crippen LogP contribution in [0.1, 0.15) is 123 Å². The summed E-state index contributed by atoms with van der Waals surface area (Å²) in [5, 5.41) is 35.0. The van der Waals surface area contributed by atoms with Crippen LogP contribution in [0.15, 0.2) is 53.6 Å². The van der Waals surface area contributed by atoms with Crippen molar-refractivity contribution in [2.75, 3.05) is 27.4 Å². The Morgan fingerprint density at radius 3 is 2.25 bits per heavy atom. The second kappa shape index (κ2) is 23.2. The number of nitrogens with zero attached hydrogens (tertiary/aromatic N) is 1. The maximum atomic E-state index is 14.4. The number of carbonyl (C=O) groups excluding carboxylic acids is 5. The van der Waals surface area contributed by atoms with Gasteiger partial charge in [-0.05, 0) is 95.5 Å². The molecular formula is C50H73NO13. The van der Waals surface area contributed by atoms with Crippen LogP contribution in [0.4, 0.5) is 0 Å². The van der Waals surface area contributed by atoms with Gasteiger partial charge in [-0.3, -0.25) is 19.2 Å². The Hall–Kier alpha value is -3.63. The number of esters is 1. The number of aliphatic hydroxyl groups is 3. The standard InChI is InChI=1S/C50H73NO13/c1-9-35-22-29(2)21-30(3)23-43(60-7)46-44(61-8)25-32(5)50(59,64-46)47(56)48(57)51-20-14-13-17-37(51)49(58)63-45(33(6)38(52)27-39(35)53)31(4)24-34-18-19-42(40(54)26-34)62-28-41(55)36-15-11-10-12-16-36/h10-12,15-16,22,24,30,32-35,37-38,40,42-46,52,54,59H,9,13-14,17-21,23,25-28H2,1-8H3/b29-22+,31-24?. The maximum Gasteiger partial charge on any atom is 0.329 e. The molecule has 14 atom stereocenters. The lowest BCUT2D eigenvalue weighted by atomic mass is 9.81. The molecule has 4 aliphatic rings. The molecule has 14 unspecified atom stereocenters. The number of cyclic esters (lactones) is 1. The average molecular weight is 896 g/mol. The molecule has 1 aromatic carbocycles. The van der Waals surface area contributed by atoms with E-state index in [0.29, 0.717) is 62.5 Å². The van der Waals surface area contributed by atoms with Gasteiger partial charge in [-0.15, -0.1) is 0 Å². The Bertz CT molecular complexity index is 1830. The minimum atomic E-state index is -2.53. The number of hydrogen-bond acceptors (Lipinski definition) is 13. The van der Waals surface area contributed by atoms with Crippen LogP contribution in [-0.2, 0) is 42.9 Å². The number of fused-ring (bicyclic) bond motifs is 3. The number of piperidine rings is 1. The van der Waals surface area contributed by atoms with E-state index in [1.54, 1.807) is 45.0 Å². The Kier molecular flexibility index (Phi) is 18.6. The molecule has 2 bridgehead atoms. The number of hydrogen-bond donors (Lipinski definition) is 3. The minimum absolute atomic E-state index is 0.0136. The fourth-order valence-corrected chi connectivity index (χ4v) is 10.2. The van der Waals surface area contributed by atoms with E-state index in [2.05, 4.69) is 0 Å². The third-order valence-electron chi connectivity index (χ3n) is 14.1. The lowest BCUT2D eigenvalue weighted by Gasteiger charge is -2.47. The van der Waals surface area contributed by atoms with E-state index in [1.165, 1.54) is 19.1 Å². The predicted molar refractivity (Wildman–Crippen MR) is 238 cm³/mol. The van der Waals surface area contributed by atoms with Crippen LogP contribution in [0, 0.1) is 29.6 Å². The van der Waals surface area contributed by atoms with E-state index in [0.717, 1.165) is 5.57 Å². The quantitative estimate of drug-likeness (QED) is 0.118. The highest BCUT2D eigenvalue weighted by atomic mass is 16.7. The van der Waals surface area contributed by atoms with Gasteiger partial charge in [0.15, 0.2) is 5.78 Å². The molecule has 1 saturated carbocycles. The third kappa shape index (κ3) is 12.4. The monoisotopic (exact) mass is 896 g/mol. The summed E-state index contributed by atoms with van der Waals surface area (Å²) in [6, 6.07) is 7.64. The Labute approximate surface area is 379 Å². The van der Waals surface area contributed by atoms with Crippen LogP contribution >= 0.6 is 0 Å². The summed E-state index contributed by atoms with van der Waals surface area (Å²) < 4.78 is 30.2. The number of amides is 1. The number of rotatable bonds is 9. The Morgan fingerprint density at radius 1 is 0.906 bits per heavy atom. The fraction of sp³-hybridized carbons (Fsp3) is 0.700. The largest absolute Gasteiger partial charge is 0.456 e. The molecule has 14 heteroatoms. The van der Waals surface area contributed by atoms with Crippen molar-refractivity contribution in [3.05, 3.63) is 59.2 Å². The van der Waals surface area contributed by atoms with Crippen molar-refractivity contribution in [3.8, 4) is 0 Å². The second-order valence-corrected chi connectivity index (χ2v) is 19.0. The van der Waals surface area contributed by atoms with E-state index in [-0.39, 0.29) is 55.8 Å². The van der Waals surface area contributed by atoms with Crippen LogP contribution in [0.5, 0.6) is 0 Å². The molecule has 1 aliphatic carbocycles. The highest BCUT2D eigenvalue weighted by molar-refractivity contribution is 6.39. The normalized spacial score (nSPS) is 37.7. The van der Waals surface area contributed by atoms with E-state index < -0.39 is 90.0 Å². The molecular weight excluding hydrogens is 823 g/mol. The van der Waals surface area contributed by atoms with Gasteiger partial charge in [0.1, 0.15) is 30.6 Å². The summed E-state index contributed by atoms with van der Waals surface area (Å²) in [6.45, 7) is 10.9. The molecule has 356 valence electrons. The topological polar surface area (TPSA) is 195 Å². The smallest absolute Gasteiger partial charge is 0.329 e. The molecule has 3 N–H and O–H groups in total. The lowest BCUT2D eigenvalue weighted by molar-refractivity contribution is -0.302. The second-order valence-electron chi connectivity index (χ2n) is 19.0. The van der Waals surface area contributed by atoms with Gasteiger partial charge in [0, 0.05) is 50.5 Å². The van der Waals surface area contributed by atoms with Crippen molar-refractivity contribution in [2.45, 2.75) is 167 Å². The first-order chi connectivity index (χ1) is 30.4. The molecule has 1 amide bonds. The first-order valence-electron chi connectivity index (χ1n) is 23.4. The number of methoxy groups -OCH3 is 2.